The van der Waals surface area contributed by atoms with Gasteiger partial charge in [0.1, 0.15) is 5.75 Å². The molecular formula is C20H19ClF3N5O2. The Hall–Kier alpha value is -3.14. The summed E-state index contributed by atoms with van der Waals surface area (Å²) in [4.78, 5) is 11.2. The number of hydrogen-bond acceptors (Lipinski definition) is 5. The highest BCUT2D eigenvalue weighted by Gasteiger charge is 2.31. The summed E-state index contributed by atoms with van der Waals surface area (Å²) in [6, 6.07) is 11.1. The van der Waals surface area contributed by atoms with Crippen molar-refractivity contribution in [3.05, 3.63) is 58.6 Å². The highest BCUT2D eigenvalue weighted by Crippen LogP contribution is 2.32. The number of amides is 1. The number of rotatable bonds is 9. The summed E-state index contributed by atoms with van der Waals surface area (Å²) in [7, 11) is 0. The molecule has 1 heterocycles. The molecule has 11 heteroatoms. The number of hydrogen-bond donors (Lipinski definition) is 2. The van der Waals surface area contributed by atoms with Gasteiger partial charge in [-0.15, -0.1) is 23.4 Å². The Morgan fingerprint density at radius 1 is 1.19 bits per heavy atom. The first-order valence-corrected chi connectivity index (χ1v) is 9.75. The number of alkyl halides is 3. The second-order valence-corrected chi connectivity index (χ2v) is 7.40. The molecule has 1 atom stereocenters. The minimum atomic E-state index is -4.74. The quantitative estimate of drug-likeness (QED) is 0.499. The molecular weight excluding hydrogens is 435 g/mol. The molecule has 164 valence electrons. The minimum Gasteiger partial charge on any atom is -0.406 e. The van der Waals surface area contributed by atoms with Crippen LogP contribution in [0.2, 0.25) is 5.02 Å². The average Bonchev–Trinajstić information content (AvgIpc) is 3.21. The Kier molecular flexibility index (Phi) is 7.11. The molecule has 3 rings (SSSR count). The first-order valence-electron chi connectivity index (χ1n) is 9.37. The van der Waals surface area contributed by atoms with Crippen molar-refractivity contribution in [2.24, 2.45) is 5.73 Å². The number of primary amides is 1. The first kappa shape index (κ1) is 22.5. The van der Waals surface area contributed by atoms with Crippen LogP contribution in [0.25, 0.3) is 11.4 Å². The van der Waals surface area contributed by atoms with Gasteiger partial charge in [0, 0.05) is 17.0 Å². The van der Waals surface area contributed by atoms with Crippen LogP contribution < -0.4 is 10.5 Å². The molecule has 0 aliphatic rings. The lowest BCUT2D eigenvalue weighted by Crippen LogP contribution is -2.17. The maximum absolute atomic E-state index is 12.4. The van der Waals surface area contributed by atoms with Gasteiger partial charge in [0.05, 0.1) is 0 Å². The summed E-state index contributed by atoms with van der Waals surface area (Å²) < 4.78 is 41.1. The molecule has 0 spiro atoms. The van der Waals surface area contributed by atoms with E-state index in [1.807, 2.05) is 6.07 Å². The van der Waals surface area contributed by atoms with Crippen molar-refractivity contribution in [2.75, 3.05) is 0 Å². The number of tetrazole rings is 1. The fourth-order valence-electron chi connectivity index (χ4n) is 3.28. The Balaban J connectivity index is 1.84. The zero-order valence-electron chi connectivity index (χ0n) is 16.2. The monoisotopic (exact) mass is 453 g/mol. The topological polar surface area (TPSA) is 107 Å². The van der Waals surface area contributed by atoms with Crippen LogP contribution in [0.3, 0.4) is 0 Å². The predicted octanol–water partition coefficient (Wildman–Crippen LogP) is 4.40. The van der Waals surface area contributed by atoms with Crippen LogP contribution in [0.1, 0.15) is 36.3 Å². The van der Waals surface area contributed by atoms with Gasteiger partial charge in [-0.25, -0.2) is 0 Å². The minimum absolute atomic E-state index is 0.0712. The summed E-state index contributed by atoms with van der Waals surface area (Å²) in [5.41, 5.74) is 7.62. The van der Waals surface area contributed by atoms with E-state index in [1.165, 1.54) is 12.1 Å². The molecule has 2 aromatic carbocycles. The van der Waals surface area contributed by atoms with E-state index in [9.17, 15) is 18.0 Å². The van der Waals surface area contributed by atoms with E-state index in [2.05, 4.69) is 25.4 Å². The van der Waals surface area contributed by atoms with Crippen molar-refractivity contribution in [1.82, 2.24) is 20.6 Å². The Morgan fingerprint density at radius 3 is 2.55 bits per heavy atom. The van der Waals surface area contributed by atoms with Gasteiger partial charge in [-0.2, -0.15) is 5.21 Å². The van der Waals surface area contributed by atoms with E-state index in [0.29, 0.717) is 35.7 Å². The summed E-state index contributed by atoms with van der Waals surface area (Å²) in [5.74, 6) is -0.374. The normalized spacial score (nSPS) is 12.5. The third-order valence-corrected chi connectivity index (χ3v) is 4.83. The van der Waals surface area contributed by atoms with E-state index in [1.54, 1.807) is 24.3 Å². The van der Waals surface area contributed by atoms with Gasteiger partial charge in [0.15, 0.2) is 0 Å². The lowest BCUT2D eigenvalue weighted by atomic mass is 9.87. The maximum atomic E-state index is 12.4. The van der Waals surface area contributed by atoms with Crippen molar-refractivity contribution in [1.29, 1.82) is 0 Å². The second kappa shape index (κ2) is 9.78. The number of H-pyrrole nitrogens is 1. The number of nitrogens with one attached hydrogen (secondary N) is 1. The molecule has 0 saturated carbocycles. The van der Waals surface area contributed by atoms with Crippen molar-refractivity contribution < 1.29 is 22.7 Å². The maximum Gasteiger partial charge on any atom is 0.573 e. The van der Waals surface area contributed by atoms with Crippen LogP contribution in [0, 0.1) is 0 Å². The molecule has 0 saturated heterocycles. The van der Waals surface area contributed by atoms with Gasteiger partial charge in [-0.1, -0.05) is 23.7 Å². The van der Waals surface area contributed by atoms with Crippen molar-refractivity contribution in [3.8, 4) is 17.1 Å². The van der Waals surface area contributed by atoms with E-state index in [0.717, 1.165) is 11.1 Å². The molecule has 0 aliphatic carbocycles. The zero-order valence-corrected chi connectivity index (χ0v) is 17.0. The summed E-state index contributed by atoms with van der Waals surface area (Å²) in [6.45, 7) is 0. The number of nitrogens with two attached hydrogens (primary N) is 1. The lowest BCUT2D eigenvalue weighted by Gasteiger charge is -2.19. The molecule has 1 unspecified atom stereocenters. The fraction of sp³-hybridized carbons (Fsp3) is 0.300. The highest BCUT2D eigenvalue weighted by molar-refractivity contribution is 6.30. The molecule has 7 nitrogen and oxygen atoms in total. The van der Waals surface area contributed by atoms with E-state index in [-0.39, 0.29) is 18.1 Å². The molecule has 0 bridgehead atoms. The number of carbonyl (C=O) groups excluding carboxylic acids is 1. The van der Waals surface area contributed by atoms with Gasteiger partial charge in [0.25, 0.3) is 0 Å². The summed E-state index contributed by atoms with van der Waals surface area (Å²) >= 11 is 6.30. The summed E-state index contributed by atoms with van der Waals surface area (Å²) in [5, 5.41) is 14.3. The molecule has 3 N–H and O–H groups in total. The molecule has 1 aromatic heterocycles. The third-order valence-electron chi connectivity index (χ3n) is 4.61. The lowest BCUT2D eigenvalue weighted by molar-refractivity contribution is -0.274. The van der Waals surface area contributed by atoms with Crippen LogP contribution in [-0.2, 0) is 11.2 Å². The van der Waals surface area contributed by atoms with E-state index in [4.69, 9.17) is 17.3 Å². The smallest absolute Gasteiger partial charge is 0.406 e. The molecule has 0 fully saturated rings. The molecule has 0 radical (unpaired) electrons. The second-order valence-electron chi connectivity index (χ2n) is 6.96. The number of nitrogens with zero attached hydrogens (tertiary/aromatic N) is 3. The molecule has 3 aromatic rings. The standard InChI is InChI=1S/C20H19ClF3N5O2/c21-16-10-14(9-15(11-16)19-26-28-29-27-19)13(2-1-3-18(25)30)8-12-4-6-17(7-5-12)31-20(22,23)24/h4-7,9-11,13H,1-3,8H2,(H2,25,30)(H,26,27,28,29). The number of aromatic amines is 1. The fourth-order valence-corrected chi connectivity index (χ4v) is 3.53. The number of benzene rings is 2. The van der Waals surface area contributed by atoms with Gasteiger partial charge >= 0.3 is 6.36 Å². The number of halogens is 4. The van der Waals surface area contributed by atoms with E-state index < -0.39 is 12.3 Å². The van der Waals surface area contributed by atoms with Crippen molar-refractivity contribution >= 4 is 17.5 Å². The average molecular weight is 454 g/mol. The van der Waals surface area contributed by atoms with Gasteiger partial charge in [-0.3, -0.25) is 4.79 Å². The summed E-state index contributed by atoms with van der Waals surface area (Å²) in [6.07, 6.45) is -2.83. The number of carbonyl (C=O) groups is 1. The SMILES string of the molecule is NC(=O)CCCC(Cc1ccc(OC(F)(F)F)cc1)c1cc(Cl)cc(-c2nn[nH]n2)c1. The largest absolute Gasteiger partial charge is 0.573 e. The first-order chi connectivity index (χ1) is 14.7. The van der Waals surface area contributed by atoms with E-state index >= 15 is 0 Å². The van der Waals surface area contributed by atoms with Crippen molar-refractivity contribution in [2.45, 2.75) is 38.0 Å². The Morgan fingerprint density at radius 2 is 1.94 bits per heavy atom. The van der Waals surface area contributed by atoms with Gasteiger partial charge in [-0.05, 0) is 71.9 Å². The predicted molar refractivity (Wildman–Crippen MR) is 107 cm³/mol. The Labute approximate surface area is 180 Å². The molecule has 31 heavy (non-hydrogen) atoms. The Bertz CT molecular complexity index is 1010. The van der Waals surface area contributed by atoms with Gasteiger partial charge in [0.2, 0.25) is 11.7 Å². The van der Waals surface area contributed by atoms with Crippen LogP contribution in [-0.4, -0.2) is 32.9 Å². The molecule has 0 aliphatic heterocycles. The van der Waals surface area contributed by atoms with Crippen LogP contribution >= 0.6 is 11.6 Å². The van der Waals surface area contributed by atoms with Crippen LogP contribution in [0.4, 0.5) is 13.2 Å². The molecule has 1 amide bonds. The zero-order chi connectivity index (χ0) is 22.4. The van der Waals surface area contributed by atoms with Gasteiger partial charge < -0.3 is 10.5 Å². The number of ether oxygens (including phenoxy) is 1. The third kappa shape index (κ3) is 6.95. The van der Waals surface area contributed by atoms with Crippen molar-refractivity contribution in [3.63, 3.8) is 0 Å². The highest BCUT2D eigenvalue weighted by atomic mass is 35.5. The van der Waals surface area contributed by atoms with Crippen LogP contribution in [0.15, 0.2) is 42.5 Å². The number of aromatic nitrogens is 4. The van der Waals surface area contributed by atoms with Crippen LogP contribution in [0.5, 0.6) is 5.75 Å².